The summed E-state index contributed by atoms with van der Waals surface area (Å²) in [5, 5.41) is -1.37. The van der Waals surface area contributed by atoms with Gasteiger partial charge in [-0.3, -0.25) is 14.2 Å². The average Bonchev–Trinajstić information content (AvgIpc) is 2.50. The molecule has 0 bridgehead atoms. The summed E-state index contributed by atoms with van der Waals surface area (Å²) in [4.78, 5) is 26.3. The van der Waals surface area contributed by atoms with E-state index in [2.05, 4.69) is 20.8 Å². The van der Waals surface area contributed by atoms with Crippen LogP contribution in [0.1, 0.15) is 87.9 Å². The molecule has 0 fully saturated rings. The van der Waals surface area contributed by atoms with E-state index < -0.39 is 11.1 Å². The van der Waals surface area contributed by atoms with Crippen molar-refractivity contribution in [3.63, 3.8) is 0 Å². The van der Waals surface area contributed by atoms with Gasteiger partial charge in [0.15, 0.2) is 19.4 Å². The number of hydrogen-bond donors (Lipinski definition) is 0. The second-order valence-corrected chi connectivity index (χ2v) is 11.1. The largest absolute Gasteiger partial charge is 0.462 e. The first-order valence-electron chi connectivity index (χ1n) is 10.4. The maximum atomic E-state index is 13.3. The number of ether oxygens (including phenoxy) is 1. The Morgan fingerprint density at radius 2 is 1.52 bits per heavy atom. The van der Waals surface area contributed by atoms with Gasteiger partial charge in [0.25, 0.3) is 0 Å². The first-order chi connectivity index (χ1) is 13.2. The average molecular weight is 421 g/mol. The van der Waals surface area contributed by atoms with Gasteiger partial charge in [0.05, 0.1) is 6.10 Å². The standard InChI is InChI=1S/C24H37O4P/c1-15(2)28-22(26)24(29-27,13-17(4)12-23(7,8)9)14-20(25)21-18(5)10-16(3)11-19(21)6/h10-11,15,17H,12-14H2,1-9H3. The maximum absolute atomic E-state index is 13.3. The van der Waals surface area contributed by atoms with Crippen molar-refractivity contribution in [2.75, 3.05) is 0 Å². The topological polar surface area (TPSA) is 60.4 Å². The van der Waals surface area contributed by atoms with E-state index in [9.17, 15) is 14.2 Å². The molecular formula is C24H37O4P. The van der Waals surface area contributed by atoms with E-state index in [0.717, 1.165) is 23.1 Å². The van der Waals surface area contributed by atoms with Gasteiger partial charge in [-0.2, -0.15) is 0 Å². The minimum Gasteiger partial charge on any atom is -0.462 e. The zero-order valence-electron chi connectivity index (χ0n) is 19.5. The van der Waals surface area contributed by atoms with Crippen LogP contribution in [-0.4, -0.2) is 23.0 Å². The molecule has 0 radical (unpaired) electrons. The Kier molecular flexibility index (Phi) is 8.77. The number of carbonyl (C=O) groups is 2. The van der Waals surface area contributed by atoms with Crippen molar-refractivity contribution in [2.45, 2.75) is 92.8 Å². The molecule has 0 aliphatic heterocycles. The van der Waals surface area contributed by atoms with E-state index in [1.807, 2.05) is 39.8 Å². The third-order valence-electron chi connectivity index (χ3n) is 4.95. The molecule has 0 spiro atoms. The van der Waals surface area contributed by atoms with E-state index in [1.165, 1.54) is 0 Å². The van der Waals surface area contributed by atoms with E-state index in [4.69, 9.17) is 4.74 Å². The predicted octanol–water partition coefficient (Wildman–Crippen LogP) is 6.63. The zero-order valence-corrected chi connectivity index (χ0v) is 20.4. The lowest BCUT2D eigenvalue weighted by Gasteiger charge is -2.31. The Morgan fingerprint density at radius 3 is 1.93 bits per heavy atom. The third kappa shape index (κ3) is 7.33. The second-order valence-electron chi connectivity index (χ2n) is 10.0. The molecule has 0 saturated carbocycles. The molecule has 0 heterocycles. The molecular weight excluding hydrogens is 383 g/mol. The van der Waals surface area contributed by atoms with Crippen molar-refractivity contribution in [3.8, 4) is 0 Å². The fourth-order valence-corrected chi connectivity index (χ4v) is 5.05. The van der Waals surface area contributed by atoms with Gasteiger partial charge in [0.1, 0.15) is 0 Å². The summed E-state index contributed by atoms with van der Waals surface area (Å²) in [6.07, 6.45) is 0.745. The number of aryl methyl sites for hydroxylation is 3. The lowest BCUT2D eigenvalue weighted by molar-refractivity contribution is -0.151. The highest BCUT2D eigenvalue weighted by molar-refractivity contribution is 7.28. The van der Waals surface area contributed by atoms with E-state index >= 15 is 0 Å². The van der Waals surface area contributed by atoms with Gasteiger partial charge in [0.2, 0.25) is 0 Å². The molecule has 0 aliphatic rings. The highest BCUT2D eigenvalue weighted by Crippen LogP contribution is 2.40. The van der Waals surface area contributed by atoms with Crippen LogP contribution in [0.2, 0.25) is 0 Å². The van der Waals surface area contributed by atoms with Crippen LogP contribution in [0.25, 0.3) is 0 Å². The predicted molar refractivity (Wildman–Crippen MR) is 119 cm³/mol. The van der Waals surface area contributed by atoms with Gasteiger partial charge < -0.3 is 4.74 Å². The second kappa shape index (κ2) is 9.98. The molecule has 2 unspecified atom stereocenters. The zero-order chi connectivity index (χ0) is 22.6. The summed E-state index contributed by atoms with van der Waals surface area (Å²) in [7, 11) is -0.362. The SMILES string of the molecule is Cc1cc(C)c(C(=O)CC(CC(C)CC(C)(C)C)(P=O)C(=O)OC(C)C)c(C)c1. The van der Waals surface area contributed by atoms with E-state index in [0.29, 0.717) is 12.0 Å². The van der Waals surface area contributed by atoms with Gasteiger partial charge >= 0.3 is 5.97 Å². The van der Waals surface area contributed by atoms with Crippen molar-refractivity contribution in [3.05, 3.63) is 34.4 Å². The molecule has 162 valence electrons. The van der Waals surface area contributed by atoms with Crippen LogP contribution in [-0.2, 0) is 14.1 Å². The van der Waals surface area contributed by atoms with Gasteiger partial charge in [-0.05, 0) is 69.9 Å². The Morgan fingerprint density at radius 1 is 1.00 bits per heavy atom. The Hall–Kier alpha value is -1.54. The monoisotopic (exact) mass is 420 g/mol. The molecule has 2 atom stereocenters. The quantitative estimate of drug-likeness (QED) is 0.256. The molecule has 0 saturated heterocycles. The van der Waals surface area contributed by atoms with Gasteiger partial charge in [-0.15, -0.1) is 0 Å². The first-order valence-corrected chi connectivity index (χ1v) is 11.2. The van der Waals surface area contributed by atoms with Gasteiger partial charge in [-0.1, -0.05) is 45.4 Å². The Labute approximate surface area is 178 Å². The van der Waals surface area contributed by atoms with Crippen molar-refractivity contribution < 1.29 is 18.9 Å². The number of carbonyl (C=O) groups excluding carboxylic acids is 2. The molecule has 1 rings (SSSR count). The summed E-state index contributed by atoms with van der Waals surface area (Å²) in [6, 6.07) is 3.93. The van der Waals surface area contributed by atoms with E-state index in [-0.39, 0.29) is 38.1 Å². The smallest absolute Gasteiger partial charge is 0.324 e. The summed E-state index contributed by atoms with van der Waals surface area (Å²) < 4.78 is 17.8. The Bertz CT molecular complexity index is 738. The van der Waals surface area contributed by atoms with Crippen LogP contribution in [0.3, 0.4) is 0 Å². The van der Waals surface area contributed by atoms with Crippen LogP contribution >= 0.6 is 8.46 Å². The normalized spacial score (nSPS) is 15.2. The molecule has 0 aliphatic carbocycles. The molecule has 0 aromatic heterocycles. The number of ketones is 1. The minimum absolute atomic E-state index is 0.0705. The van der Waals surface area contributed by atoms with Crippen molar-refractivity contribution in [1.82, 2.24) is 0 Å². The first kappa shape index (κ1) is 25.5. The number of Topliss-reactive ketones (excluding diaryl/α,β-unsaturated/α-hetero) is 1. The summed E-state index contributed by atoms with van der Waals surface area (Å²) in [6.45, 7) is 17.8. The van der Waals surface area contributed by atoms with Crippen LogP contribution in [0, 0.1) is 32.1 Å². The van der Waals surface area contributed by atoms with Crippen molar-refractivity contribution in [2.24, 2.45) is 11.3 Å². The fourth-order valence-electron chi connectivity index (χ4n) is 4.33. The third-order valence-corrected chi connectivity index (χ3v) is 5.83. The lowest BCUT2D eigenvalue weighted by atomic mass is 9.79. The highest BCUT2D eigenvalue weighted by Gasteiger charge is 2.45. The van der Waals surface area contributed by atoms with Crippen molar-refractivity contribution >= 4 is 20.2 Å². The molecule has 5 heteroatoms. The van der Waals surface area contributed by atoms with Gasteiger partial charge in [-0.25, -0.2) is 0 Å². The molecule has 1 aromatic carbocycles. The molecule has 0 amide bonds. The van der Waals surface area contributed by atoms with Crippen LogP contribution in [0.15, 0.2) is 12.1 Å². The van der Waals surface area contributed by atoms with E-state index in [1.54, 1.807) is 13.8 Å². The molecule has 29 heavy (non-hydrogen) atoms. The van der Waals surface area contributed by atoms with Crippen LogP contribution in [0.5, 0.6) is 0 Å². The maximum Gasteiger partial charge on any atom is 0.324 e. The fraction of sp³-hybridized carbons (Fsp3) is 0.667. The number of rotatable bonds is 9. The Balaban J connectivity index is 3.31. The van der Waals surface area contributed by atoms with Gasteiger partial charge in [0, 0.05) is 12.0 Å². The summed E-state index contributed by atoms with van der Waals surface area (Å²) >= 11 is 0. The van der Waals surface area contributed by atoms with Crippen molar-refractivity contribution in [1.29, 1.82) is 0 Å². The number of esters is 1. The summed E-state index contributed by atoms with van der Waals surface area (Å²) in [5.41, 5.74) is 3.53. The number of benzene rings is 1. The highest BCUT2D eigenvalue weighted by atomic mass is 31.1. The molecule has 0 N–H and O–H groups in total. The number of hydrogen-bond acceptors (Lipinski definition) is 4. The van der Waals surface area contributed by atoms with Crippen LogP contribution in [0.4, 0.5) is 0 Å². The summed E-state index contributed by atoms with van der Waals surface area (Å²) in [5.74, 6) is -0.600. The minimum atomic E-state index is -1.37. The molecule has 1 aromatic rings. The molecule has 4 nitrogen and oxygen atoms in total. The lowest BCUT2D eigenvalue weighted by Crippen LogP contribution is -2.40. The van der Waals surface area contributed by atoms with Crippen LogP contribution < -0.4 is 0 Å².